The van der Waals surface area contributed by atoms with Gasteiger partial charge in [-0.2, -0.15) is 0 Å². The summed E-state index contributed by atoms with van der Waals surface area (Å²) >= 11 is 3.75. The Balaban J connectivity index is 2.22. The maximum atomic E-state index is 3.17. The van der Waals surface area contributed by atoms with Gasteiger partial charge in [-0.05, 0) is 30.5 Å². The van der Waals surface area contributed by atoms with Crippen LogP contribution in [0.1, 0.15) is 10.4 Å². The van der Waals surface area contributed by atoms with Crippen LogP contribution < -0.4 is 5.32 Å². The SMILES string of the molecule is CNCc1cc2c(s1)SC=CC2. The molecule has 0 radical (unpaired) electrons. The van der Waals surface area contributed by atoms with Crippen molar-refractivity contribution in [3.8, 4) is 0 Å². The molecule has 0 saturated heterocycles. The Morgan fingerprint density at radius 3 is 3.25 bits per heavy atom. The van der Waals surface area contributed by atoms with Crippen LogP contribution in [0.3, 0.4) is 0 Å². The van der Waals surface area contributed by atoms with E-state index in [-0.39, 0.29) is 0 Å². The number of hydrogen-bond donors (Lipinski definition) is 1. The van der Waals surface area contributed by atoms with Gasteiger partial charge in [0.05, 0.1) is 4.21 Å². The number of thiophene rings is 1. The van der Waals surface area contributed by atoms with Crippen LogP contribution in [-0.2, 0) is 13.0 Å². The van der Waals surface area contributed by atoms with Crippen LogP contribution in [-0.4, -0.2) is 7.05 Å². The van der Waals surface area contributed by atoms with Crippen molar-refractivity contribution in [2.45, 2.75) is 17.2 Å². The molecule has 0 unspecified atom stereocenters. The van der Waals surface area contributed by atoms with E-state index in [0.29, 0.717) is 0 Å². The summed E-state index contributed by atoms with van der Waals surface area (Å²) in [4.78, 5) is 1.44. The zero-order valence-corrected chi connectivity index (χ0v) is 8.60. The summed E-state index contributed by atoms with van der Waals surface area (Å²) in [6.45, 7) is 0.998. The van der Waals surface area contributed by atoms with Crippen molar-refractivity contribution < 1.29 is 0 Å². The molecule has 3 heteroatoms. The summed E-state index contributed by atoms with van der Waals surface area (Å²) in [5.41, 5.74) is 1.50. The first-order chi connectivity index (χ1) is 5.90. The number of allylic oxidation sites excluding steroid dienone is 1. The summed E-state index contributed by atoms with van der Waals surface area (Å²) in [7, 11) is 1.99. The maximum Gasteiger partial charge on any atom is 0.0679 e. The minimum Gasteiger partial charge on any atom is -0.315 e. The molecule has 0 atom stereocenters. The fraction of sp³-hybridized carbons (Fsp3) is 0.333. The Morgan fingerprint density at radius 1 is 1.58 bits per heavy atom. The number of nitrogens with one attached hydrogen (secondary N) is 1. The lowest BCUT2D eigenvalue weighted by Gasteiger charge is -2.00. The lowest BCUT2D eigenvalue weighted by Crippen LogP contribution is -2.02. The highest BCUT2D eigenvalue weighted by Gasteiger charge is 2.09. The zero-order chi connectivity index (χ0) is 8.39. The lowest BCUT2D eigenvalue weighted by molar-refractivity contribution is 0.831. The van der Waals surface area contributed by atoms with E-state index in [1.54, 1.807) is 0 Å². The normalized spacial score (nSPS) is 14.8. The van der Waals surface area contributed by atoms with Gasteiger partial charge in [0.2, 0.25) is 0 Å². The highest BCUT2D eigenvalue weighted by atomic mass is 32.2. The lowest BCUT2D eigenvalue weighted by atomic mass is 10.2. The zero-order valence-electron chi connectivity index (χ0n) is 6.96. The van der Waals surface area contributed by atoms with Crippen molar-refractivity contribution in [1.82, 2.24) is 5.32 Å². The molecule has 1 nitrogen and oxygen atoms in total. The van der Waals surface area contributed by atoms with E-state index in [1.165, 1.54) is 14.6 Å². The number of thioether (sulfide) groups is 1. The molecule has 1 aliphatic heterocycles. The highest BCUT2D eigenvalue weighted by molar-refractivity contribution is 8.04. The van der Waals surface area contributed by atoms with E-state index in [1.807, 2.05) is 30.1 Å². The summed E-state index contributed by atoms with van der Waals surface area (Å²) in [5.74, 6) is 0. The van der Waals surface area contributed by atoms with E-state index >= 15 is 0 Å². The highest BCUT2D eigenvalue weighted by Crippen LogP contribution is 2.36. The van der Waals surface area contributed by atoms with Crippen LogP contribution in [0.15, 0.2) is 21.8 Å². The number of rotatable bonds is 2. The molecule has 1 aliphatic rings. The van der Waals surface area contributed by atoms with Crippen molar-refractivity contribution in [1.29, 1.82) is 0 Å². The Bertz CT molecular complexity index is 276. The monoisotopic (exact) mass is 197 g/mol. The van der Waals surface area contributed by atoms with E-state index in [0.717, 1.165) is 13.0 Å². The smallest absolute Gasteiger partial charge is 0.0679 e. The molecule has 0 spiro atoms. The van der Waals surface area contributed by atoms with Crippen LogP contribution in [0, 0.1) is 0 Å². The van der Waals surface area contributed by atoms with E-state index in [9.17, 15) is 0 Å². The van der Waals surface area contributed by atoms with Gasteiger partial charge in [0.25, 0.3) is 0 Å². The van der Waals surface area contributed by atoms with Crippen LogP contribution in [0.2, 0.25) is 0 Å². The minimum absolute atomic E-state index is 0.998. The summed E-state index contributed by atoms with van der Waals surface area (Å²) in [6, 6.07) is 2.31. The molecule has 0 amide bonds. The van der Waals surface area contributed by atoms with Crippen molar-refractivity contribution >= 4 is 23.1 Å². The second kappa shape index (κ2) is 3.64. The third-order valence-electron chi connectivity index (χ3n) is 1.78. The van der Waals surface area contributed by atoms with Crippen molar-refractivity contribution in [2.75, 3.05) is 7.05 Å². The van der Waals surface area contributed by atoms with Crippen LogP contribution in [0.5, 0.6) is 0 Å². The first kappa shape index (κ1) is 8.35. The largest absolute Gasteiger partial charge is 0.315 e. The first-order valence-electron chi connectivity index (χ1n) is 3.98. The molecule has 0 aliphatic carbocycles. The molecule has 0 bridgehead atoms. The molecule has 1 aromatic rings. The van der Waals surface area contributed by atoms with Gasteiger partial charge >= 0.3 is 0 Å². The molecule has 12 heavy (non-hydrogen) atoms. The van der Waals surface area contributed by atoms with Gasteiger partial charge < -0.3 is 5.32 Å². The minimum atomic E-state index is 0.998. The van der Waals surface area contributed by atoms with Gasteiger partial charge in [0.15, 0.2) is 0 Å². The fourth-order valence-electron chi connectivity index (χ4n) is 1.26. The second-order valence-electron chi connectivity index (χ2n) is 2.75. The van der Waals surface area contributed by atoms with E-state index in [4.69, 9.17) is 0 Å². The average molecular weight is 197 g/mol. The van der Waals surface area contributed by atoms with Gasteiger partial charge in [-0.25, -0.2) is 0 Å². The number of hydrogen-bond acceptors (Lipinski definition) is 3. The van der Waals surface area contributed by atoms with Crippen LogP contribution in [0.4, 0.5) is 0 Å². The summed E-state index contributed by atoms with van der Waals surface area (Å²) < 4.78 is 1.47. The molecular formula is C9H11NS2. The Labute approximate surface area is 80.9 Å². The molecule has 2 heterocycles. The molecule has 2 rings (SSSR count). The molecule has 64 valence electrons. The molecule has 1 N–H and O–H groups in total. The average Bonchev–Trinajstić information content (AvgIpc) is 2.47. The Hall–Kier alpha value is -0.250. The van der Waals surface area contributed by atoms with E-state index < -0.39 is 0 Å². The van der Waals surface area contributed by atoms with Gasteiger partial charge in [0.1, 0.15) is 0 Å². The predicted molar refractivity (Wildman–Crippen MR) is 55.8 cm³/mol. The Morgan fingerprint density at radius 2 is 2.50 bits per heavy atom. The van der Waals surface area contributed by atoms with Gasteiger partial charge in [0, 0.05) is 11.4 Å². The quantitative estimate of drug-likeness (QED) is 0.782. The van der Waals surface area contributed by atoms with Crippen molar-refractivity contribution in [3.63, 3.8) is 0 Å². The topological polar surface area (TPSA) is 12.0 Å². The van der Waals surface area contributed by atoms with Gasteiger partial charge in [-0.15, -0.1) is 11.3 Å². The standard InChI is InChI=1S/C9H11NS2/c1-10-6-8-5-7-3-2-4-11-9(7)12-8/h2,4-5,10H,3,6H2,1H3. The number of fused-ring (bicyclic) bond motifs is 1. The first-order valence-corrected chi connectivity index (χ1v) is 5.67. The second-order valence-corrected chi connectivity index (χ2v) is 5.06. The third-order valence-corrected chi connectivity index (χ3v) is 4.10. The van der Waals surface area contributed by atoms with Gasteiger partial charge in [-0.3, -0.25) is 0 Å². The molecule has 0 fully saturated rings. The summed E-state index contributed by atoms with van der Waals surface area (Å²) in [5, 5.41) is 5.36. The molecule has 0 saturated carbocycles. The van der Waals surface area contributed by atoms with Crippen LogP contribution in [0.25, 0.3) is 0 Å². The van der Waals surface area contributed by atoms with Crippen molar-refractivity contribution in [2.24, 2.45) is 0 Å². The summed E-state index contributed by atoms with van der Waals surface area (Å²) in [6.07, 6.45) is 3.34. The molecular weight excluding hydrogens is 186 g/mol. The van der Waals surface area contributed by atoms with Crippen LogP contribution >= 0.6 is 23.1 Å². The molecule has 0 aromatic carbocycles. The van der Waals surface area contributed by atoms with Crippen molar-refractivity contribution in [3.05, 3.63) is 28.0 Å². The predicted octanol–water partition coefficient (Wildman–Crippen LogP) is 2.63. The third kappa shape index (κ3) is 1.58. The maximum absolute atomic E-state index is 3.17. The molecule has 1 aromatic heterocycles. The van der Waals surface area contributed by atoms with E-state index in [2.05, 4.69) is 22.9 Å². The fourth-order valence-corrected chi connectivity index (χ4v) is 3.47. The van der Waals surface area contributed by atoms with Gasteiger partial charge in [-0.1, -0.05) is 17.8 Å². The Kier molecular flexibility index (Phi) is 2.54.